The van der Waals surface area contributed by atoms with E-state index in [4.69, 9.17) is 37.0 Å². The van der Waals surface area contributed by atoms with Crippen LogP contribution in [0, 0.1) is 0 Å². The van der Waals surface area contributed by atoms with Crippen LogP contribution >= 0.6 is 15.6 Å². The maximum Gasteiger partial charge on any atom is 0.472 e. The summed E-state index contributed by atoms with van der Waals surface area (Å²) in [5.41, 5.74) is 0. The van der Waals surface area contributed by atoms with E-state index in [1.54, 1.807) is 0 Å². The fourth-order valence-electron chi connectivity index (χ4n) is 9.73. The van der Waals surface area contributed by atoms with Crippen molar-refractivity contribution >= 4 is 39.5 Å². The molecule has 2 unspecified atom stereocenters. The summed E-state index contributed by atoms with van der Waals surface area (Å²) in [4.78, 5) is 72.9. The van der Waals surface area contributed by atoms with Crippen molar-refractivity contribution in [3.8, 4) is 0 Å². The number of hydrogen-bond acceptors (Lipinski definition) is 15. The van der Waals surface area contributed by atoms with Gasteiger partial charge in [-0.25, -0.2) is 9.13 Å². The second-order valence-electron chi connectivity index (χ2n) is 25.5. The van der Waals surface area contributed by atoms with E-state index >= 15 is 0 Å². The minimum absolute atomic E-state index is 0.0277. The number of esters is 4. The minimum Gasteiger partial charge on any atom is -0.462 e. The molecule has 0 aromatic carbocycles. The number of phosphoric acid groups is 2. The van der Waals surface area contributed by atoms with Crippen LogP contribution in [0.15, 0.2) is 170 Å². The molecule has 0 saturated heterocycles. The van der Waals surface area contributed by atoms with Gasteiger partial charge in [0.15, 0.2) is 12.2 Å². The molecule has 0 aromatic heterocycles. The van der Waals surface area contributed by atoms with Crippen LogP contribution in [0.4, 0.5) is 0 Å². The van der Waals surface area contributed by atoms with E-state index in [9.17, 15) is 43.2 Å². The van der Waals surface area contributed by atoms with Gasteiger partial charge in [-0.3, -0.25) is 37.3 Å². The zero-order valence-corrected chi connectivity index (χ0v) is 66.2. The molecule has 0 spiro atoms. The van der Waals surface area contributed by atoms with Crippen molar-refractivity contribution in [3.05, 3.63) is 170 Å². The Bertz CT molecular complexity index is 2640. The lowest BCUT2D eigenvalue weighted by Crippen LogP contribution is -2.30. The molecule has 0 saturated carbocycles. The highest BCUT2D eigenvalue weighted by atomic mass is 31.2. The Hall–Kier alpha value is -5.58. The summed E-state index contributed by atoms with van der Waals surface area (Å²) in [5, 5.41) is 10.6. The van der Waals surface area contributed by atoms with E-state index in [0.29, 0.717) is 38.5 Å². The van der Waals surface area contributed by atoms with Crippen molar-refractivity contribution < 1.29 is 80.2 Å². The van der Waals surface area contributed by atoms with E-state index < -0.39 is 97.5 Å². The third kappa shape index (κ3) is 74.7. The van der Waals surface area contributed by atoms with Crippen LogP contribution in [-0.2, 0) is 65.4 Å². The first-order chi connectivity index (χ1) is 50.7. The number of hydrogen-bond donors (Lipinski definition) is 3. The average Bonchev–Trinajstić information content (AvgIpc) is 0.926. The number of carbonyl (C=O) groups is 4. The highest BCUT2D eigenvalue weighted by molar-refractivity contribution is 7.47. The van der Waals surface area contributed by atoms with Crippen LogP contribution in [0.5, 0.6) is 0 Å². The fraction of sp³-hybridized carbons (Fsp3) is 0.624. The van der Waals surface area contributed by atoms with Gasteiger partial charge in [0, 0.05) is 25.7 Å². The predicted molar refractivity (Wildman–Crippen MR) is 426 cm³/mol. The van der Waals surface area contributed by atoms with Gasteiger partial charge < -0.3 is 33.8 Å². The zero-order chi connectivity index (χ0) is 76.0. The van der Waals surface area contributed by atoms with Crippen molar-refractivity contribution in [1.29, 1.82) is 0 Å². The van der Waals surface area contributed by atoms with Gasteiger partial charge in [0.1, 0.15) is 19.3 Å². The number of phosphoric ester groups is 2. The number of ether oxygens (including phenoxy) is 4. The second-order valence-corrected chi connectivity index (χ2v) is 28.4. The van der Waals surface area contributed by atoms with Gasteiger partial charge in [-0.05, 0) is 154 Å². The zero-order valence-electron chi connectivity index (χ0n) is 64.4. The van der Waals surface area contributed by atoms with Crippen molar-refractivity contribution in [3.63, 3.8) is 0 Å². The third-order valence-corrected chi connectivity index (χ3v) is 17.6. The first-order valence-electron chi connectivity index (χ1n) is 39.4. The second kappa shape index (κ2) is 75.6. The fourth-order valence-corrected chi connectivity index (χ4v) is 11.3. The average molecular weight is 1490 g/mol. The monoisotopic (exact) mass is 1490 g/mol. The van der Waals surface area contributed by atoms with Crippen LogP contribution < -0.4 is 0 Å². The first kappa shape index (κ1) is 98.4. The number of aliphatic hydroxyl groups excluding tert-OH is 1. The van der Waals surface area contributed by atoms with Crippen molar-refractivity contribution in [2.45, 2.75) is 303 Å². The molecule has 0 rings (SSSR count). The smallest absolute Gasteiger partial charge is 0.462 e. The SMILES string of the molecule is CC/C=C\C/C=C\C/C=C\C/C=C\C/C=C\C/C=C\CCC(=O)OC[C@H](COP(=O)(O)OC[C@@H](O)COP(=O)(O)OC[C@@H](COC(=O)CCCCCCC/C=C\CCCCCC)OC(=O)CC/C=C\C/C=C\C/C=C\C/C=C\C/C=C\C/C=C\CC)OC(=O)CCCCCCC/C=C\CCCCCC. The molecular formula is C85H138O17P2. The van der Waals surface area contributed by atoms with Gasteiger partial charge in [-0.1, -0.05) is 275 Å². The number of rotatable bonds is 72. The van der Waals surface area contributed by atoms with Crippen LogP contribution in [0.2, 0.25) is 0 Å². The van der Waals surface area contributed by atoms with E-state index in [1.807, 2.05) is 36.5 Å². The van der Waals surface area contributed by atoms with Crippen molar-refractivity contribution in [1.82, 2.24) is 0 Å². The summed E-state index contributed by atoms with van der Waals surface area (Å²) >= 11 is 0. The molecule has 104 heavy (non-hydrogen) atoms. The Balaban J connectivity index is 5.50. The number of aliphatic hydroxyl groups is 1. The van der Waals surface area contributed by atoms with E-state index in [2.05, 4.69) is 161 Å². The van der Waals surface area contributed by atoms with Gasteiger partial charge in [0.05, 0.1) is 26.4 Å². The lowest BCUT2D eigenvalue weighted by molar-refractivity contribution is -0.161. The highest BCUT2D eigenvalue weighted by Crippen LogP contribution is 2.45. The van der Waals surface area contributed by atoms with E-state index in [0.717, 1.165) is 141 Å². The molecule has 0 aromatic rings. The molecule has 0 aliphatic carbocycles. The Kier molecular flexibility index (Phi) is 71.6. The van der Waals surface area contributed by atoms with Crippen LogP contribution in [0.25, 0.3) is 0 Å². The van der Waals surface area contributed by atoms with Crippen LogP contribution in [-0.4, -0.2) is 96.7 Å². The molecule has 0 heterocycles. The molecule has 0 amide bonds. The molecular weight excluding hydrogens is 1350 g/mol. The first-order valence-corrected chi connectivity index (χ1v) is 42.4. The highest BCUT2D eigenvalue weighted by Gasteiger charge is 2.30. The summed E-state index contributed by atoms with van der Waals surface area (Å²) in [6, 6.07) is 0. The normalized spacial score (nSPS) is 14.8. The maximum absolute atomic E-state index is 13.1. The van der Waals surface area contributed by atoms with Gasteiger partial charge >= 0.3 is 39.5 Å². The number of carbonyl (C=O) groups excluding carboxylic acids is 4. The predicted octanol–water partition coefficient (Wildman–Crippen LogP) is 23.0. The largest absolute Gasteiger partial charge is 0.472 e. The number of allylic oxidation sites excluding steroid dienone is 28. The van der Waals surface area contributed by atoms with E-state index in [-0.39, 0.29) is 25.7 Å². The molecule has 19 heteroatoms. The molecule has 5 atom stereocenters. The molecule has 0 radical (unpaired) electrons. The Morgan fingerprint density at radius 3 is 0.846 bits per heavy atom. The van der Waals surface area contributed by atoms with Gasteiger partial charge in [0.2, 0.25) is 0 Å². The molecule has 0 aliphatic heterocycles. The van der Waals surface area contributed by atoms with E-state index in [1.165, 1.54) is 51.4 Å². The summed E-state index contributed by atoms with van der Waals surface area (Å²) in [5.74, 6) is -2.40. The minimum atomic E-state index is -5.01. The lowest BCUT2D eigenvalue weighted by Gasteiger charge is -2.21. The maximum atomic E-state index is 13.1. The molecule has 0 bridgehead atoms. The Morgan fingerprint density at radius 2 is 0.519 bits per heavy atom. The van der Waals surface area contributed by atoms with Crippen molar-refractivity contribution in [2.75, 3.05) is 39.6 Å². The summed E-state index contributed by atoms with van der Waals surface area (Å²) in [6.45, 7) is 4.40. The Labute approximate surface area is 629 Å². The molecule has 3 N–H and O–H groups in total. The van der Waals surface area contributed by atoms with Gasteiger partial charge in [-0.15, -0.1) is 0 Å². The summed E-state index contributed by atoms with van der Waals surface area (Å²) in [7, 11) is -10.0. The summed E-state index contributed by atoms with van der Waals surface area (Å²) < 4.78 is 68.4. The third-order valence-electron chi connectivity index (χ3n) is 15.7. The summed E-state index contributed by atoms with van der Waals surface area (Å²) in [6.07, 6.45) is 89.4. The molecule has 0 fully saturated rings. The van der Waals surface area contributed by atoms with Gasteiger partial charge in [-0.2, -0.15) is 0 Å². The Morgan fingerprint density at radius 1 is 0.279 bits per heavy atom. The molecule has 0 aliphatic rings. The standard InChI is InChI=1S/C85H138O17P2/c1-5-9-13-17-21-25-29-33-35-37-39-41-43-47-50-54-58-62-66-70-83(88)96-76-80(101-84(89)71-67-63-59-55-51-46-32-28-24-20-16-12-8-4)77-99-103(91,92)97-73-79(86)74-98-104(93,94)100-78-81(75-95-82(87)69-65-61-57-53-49-45-31-27-23-19-15-11-7-3)102-85(90)72-68-64-60-56-52-48-44-42-40-38-36-34-30-26-22-18-14-10-6-2/h9-10,13-14,21-22,25-28,31-36,39-42,47-48,50,52,58,60,62,64,79-81,86H,5-8,11-12,15-20,23-24,29-30,37-38,43-46,49,51,53-57,59,61,63,65-78H2,1-4H3,(H,91,92)(H,93,94)/b13-9-,14-10-,25-21-,26-22-,31-27-,32-28-,35-33-,36-34-,41-39-,42-40-,50-47-,52-48-,62-58-,64-60-/t79-,80-,81-/m1/s1. The van der Waals surface area contributed by atoms with Gasteiger partial charge in [0.25, 0.3) is 0 Å². The number of unbranched alkanes of at least 4 members (excludes halogenated alkanes) is 18. The van der Waals surface area contributed by atoms with Crippen LogP contribution in [0.1, 0.15) is 285 Å². The topological polar surface area (TPSA) is 237 Å². The molecule has 17 nitrogen and oxygen atoms in total. The quantitative estimate of drug-likeness (QED) is 0.0169. The van der Waals surface area contributed by atoms with Crippen LogP contribution in [0.3, 0.4) is 0 Å². The molecule has 590 valence electrons. The lowest BCUT2D eigenvalue weighted by atomic mass is 10.1. The van der Waals surface area contributed by atoms with Crippen molar-refractivity contribution in [2.24, 2.45) is 0 Å².